The van der Waals surface area contributed by atoms with Crippen molar-refractivity contribution in [1.82, 2.24) is 10.2 Å². The van der Waals surface area contributed by atoms with Gasteiger partial charge in [-0.15, -0.1) is 5.10 Å². The largest absolute Gasteiger partial charge is 0.438 e. The second-order valence-corrected chi connectivity index (χ2v) is 3.18. The summed E-state index contributed by atoms with van der Waals surface area (Å²) in [5.74, 6) is 1.17. The molecule has 15 heavy (non-hydrogen) atoms. The first-order chi connectivity index (χ1) is 7.24. The summed E-state index contributed by atoms with van der Waals surface area (Å²) in [5.41, 5.74) is 7.12. The number of hydrogen-bond donors (Lipinski definition) is 1. The molecule has 1 heterocycles. The zero-order valence-electron chi connectivity index (χ0n) is 8.34. The predicted octanol–water partition coefficient (Wildman–Crippen LogP) is 2.16. The van der Waals surface area contributed by atoms with Gasteiger partial charge in [0, 0.05) is 11.8 Å². The van der Waals surface area contributed by atoms with Crippen molar-refractivity contribution < 1.29 is 4.74 Å². The fourth-order valence-electron chi connectivity index (χ4n) is 1.10. The summed E-state index contributed by atoms with van der Waals surface area (Å²) >= 11 is 0. The molecule has 76 valence electrons. The Hall–Kier alpha value is -2.10. The molecule has 4 heteroatoms. The Balaban J connectivity index is 2.15. The molecule has 2 N–H and O–H groups in total. The van der Waals surface area contributed by atoms with Gasteiger partial charge in [-0.05, 0) is 37.3 Å². The van der Waals surface area contributed by atoms with Crippen molar-refractivity contribution in [2.24, 2.45) is 0 Å². The average Bonchev–Trinajstić information content (AvgIpc) is 2.25. The Bertz CT molecular complexity index is 393. The van der Waals surface area contributed by atoms with E-state index >= 15 is 0 Å². The first kappa shape index (κ1) is 9.45. The van der Waals surface area contributed by atoms with Crippen LogP contribution in [0.3, 0.4) is 0 Å². The predicted molar refractivity (Wildman–Crippen MR) is 57.7 cm³/mol. The number of nitrogens with two attached hydrogens (primary N) is 1. The van der Waals surface area contributed by atoms with Crippen molar-refractivity contribution >= 4 is 5.69 Å². The van der Waals surface area contributed by atoms with Crippen LogP contribution in [-0.4, -0.2) is 10.2 Å². The number of nitrogen functional groups attached to an aromatic ring is 1. The summed E-state index contributed by atoms with van der Waals surface area (Å²) in [5, 5.41) is 7.79. The van der Waals surface area contributed by atoms with Crippen LogP contribution in [0.25, 0.3) is 0 Å². The van der Waals surface area contributed by atoms with Gasteiger partial charge in [-0.2, -0.15) is 5.10 Å². The van der Waals surface area contributed by atoms with E-state index in [0.717, 1.165) is 5.69 Å². The van der Waals surface area contributed by atoms with E-state index in [0.29, 0.717) is 17.3 Å². The molecule has 0 aliphatic carbocycles. The molecule has 0 spiro atoms. The summed E-state index contributed by atoms with van der Waals surface area (Å²) in [7, 11) is 0. The lowest BCUT2D eigenvalue weighted by molar-refractivity contribution is 0.454. The zero-order valence-corrected chi connectivity index (χ0v) is 8.34. The maximum Gasteiger partial charge on any atom is 0.238 e. The highest BCUT2D eigenvalue weighted by molar-refractivity contribution is 5.42. The van der Waals surface area contributed by atoms with Crippen LogP contribution in [0.4, 0.5) is 5.69 Å². The van der Waals surface area contributed by atoms with Crippen molar-refractivity contribution in [3.63, 3.8) is 0 Å². The molecule has 1 aromatic carbocycles. The Kier molecular flexibility index (Phi) is 2.49. The van der Waals surface area contributed by atoms with Crippen molar-refractivity contribution in [3.8, 4) is 11.6 Å². The second-order valence-electron chi connectivity index (χ2n) is 3.18. The van der Waals surface area contributed by atoms with E-state index in [9.17, 15) is 0 Å². The minimum absolute atomic E-state index is 0.477. The van der Waals surface area contributed by atoms with Crippen LogP contribution >= 0.6 is 0 Å². The summed E-state index contributed by atoms with van der Waals surface area (Å²) in [6.45, 7) is 1.87. The van der Waals surface area contributed by atoms with Crippen molar-refractivity contribution in [1.29, 1.82) is 0 Å². The standard InChI is InChI=1S/C11H11N3O/c1-8-2-7-11(14-13-8)15-10-5-3-9(12)4-6-10/h2-7H,12H2,1H3. The molecule has 2 aromatic rings. The minimum Gasteiger partial charge on any atom is -0.438 e. The third kappa shape index (κ3) is 2.43. The third-order valence-electron chi connectivity index (χ3n) is 1.88. The molecule has 0 radical (unpaired) electrons. The molecule has 4 nitrogen and oxygen atoms in total. The second kappa shape index (κ2) is 3.96. The average molecular weight is 201 g/mol. The van der Waals surface area contributed by atoms with Crippen LogP contribution in [0, 0.1) is 6.92 Å². The number of anilines is 1. The molecule has 0 saturated heterocycles. The monoisotopic (exact) mass is 201 g/mol. The molecule has 0 fully saturated rings. The van der Waals surface area contributed by atoms with Crippen molar-refractivity contribution in [2.75, 3.05) is 5.73 Å². The molecular weight excluding hydrogens is 190 g/mol. The van der Waals surface area contributed by atoms with Crippen LogP contribution in [0.2, 0.25) is 0 Å². The molecule has 0 atom stereocenters. The van der Waals surface area contributed by atoms with E-state index in [1.54, 1.807) is 30.3 Å². The minimum atomic E-state index is 0.477. The number of hydrogen-bond acceptors (Lipinski definition) is 4. The van der Waals surface area contributed by atoms with Gasteiger partial charge in [-0.25, -0.2) is 0 Å². The van der Waals surface area contributed by atoms with Gasteiger partial charge in [0.25, 0.3) is 0 Å². The van der Waals surface area contributed by atoms with Crippen LogP contribution in [0.15, 0.2) is 36.4 Å². The quantitative estimate of drug-likeness (QED) is 0.756. The lowest BCUT2D eigenvalue weighted by Gasteiger charge is -2.03. The highest BCUT2D eigenvalue weighted by atomic mass is 16.5. The number of rotatable bonds is 2. The lowest BCUT2D eigenvalue weighted by Crippen LogP contribution is -1.92. The zero-order chi connectivity index (χ0) is 10.7. The Labute approximate surface area is 87.7 Å². The van der Waals surface area contributed by atoms with Gasteiger partial charge >= 0.3 is 0 Å². The van der Waals surface area contributed by atoms with E-state index < -0.39 is 0 Å². The number of aromatic nitrogens is 2. The molecule has 2 rings (SSSR count). The van der Waals surface area contributed by atoms with Crippen LogP contribution in [0.1, 0.15) is 5.69 Å². The number of aryl methyl sites for hydroxylation is 1. The molecule has 0 amide bonds. The summed E-state index contributed by atoms with van der Waals surface area (Å²) in [6, 6.07) is 10.7. The van der Waals surface area contributed by atoms with Crippen LogP contribution < -0.4 is 10.5 Å². The number of ether oxygens (including phenoxy) is 1. The van der Waals surface area contributed by atoms with E-state index in [4.69, 9.17) is 10.5 Å². The van der Waals surface area contributed by atoms with Crippen LogP contribution in [-0.2, 0) is 0 Å². The molecule has 0 unspecified atom stereocenters. The highest BCUT2D eigenvalue weighted by Gasteiger charge is 1.98. The SMILES string of the molecule is Cc1ccc(Oc2ccc(N)cc2)nn1. The fourth-order valence-corrected chi connectivity index (χ4v) is 1.10. The summed E-state index contributed by atoms with van der Waals surface area (Å²) in [6.07, 6.45) is 0. The first-order valence-corrected chi connectivity index (χ1v) is 4.58. The van der Waals surface area contributed by atoms with Crippen LogP contribution in [0.5, 0.6) is 11.6 Å². The van der Waals surface area contributed by atoms with Crippen molar-refractivity contribution in [3.05, 3.63) is 42.1 Å². The van der Waals surface area contributed by atoms with E-state index in [2.05, 4.69) is 10.2 Å². The summed E-state index contributed by atoms with van der Waals surface area (Å²) < 4.78 is 5.46. The molecule has 1 aromatic heterocycles. The maximum atomic E-state index is 5.56. The van der Waals surface area contributed by atoms with Crippen molar-refractivity contribution in [2.45, 2.75) is 6.92 Å². The fraction of sp³-hybridized carbons (Fsp3) is 0.0909. The van der Waals surface area contributed by atoms with Gasteiger partial charge in [0.05, 0.1) is 5.69 Å². The highest BCUT2D eigenvalue weighted by Crippen LogP contribution is 2.19. The van der Waals surface area contributed by atoms with Gasteiger partial charge in [-0.1, -0.05) is 0 Å². The molecular formula is C11H11N3O. The Morgan fingerprint density at radius 2 is 1.73 bits per heavy atom. The van der Waals surface area contributed by atoms with Gasteiger partial charge < -0.3 is 10.5 Å². The van der Waals surface area contributed by atoms with E-state index in [-0.39, 0.29) is 0 Å². The topological polar surface area (TPSA) is 61.0 Å². The van der Waals surface area contributed by atoms with Gasteiger partial charge in [-0.3, -0.25) is 0 Å². The molecule has 0 aliphatic rings. The van der Waals surface area contributed by atoms with E-state index in [1.165, 1.54) is 0 Å². The normalized spacial score (nSPS) is 9.93. The number of nitrogens with zero attached hydrogens (tertiary/aromatic N) is 2. The Morgan fingerprint density at radius 1 is 1.00 bits per heavy atom. The number of benzene rings is 1. The Morgan fingerprint density at radius 3 is 2.33 bits per heavy atom. The molecule has 0 saturated carbocycles. The maximum absolute atomic E-state index is 5.56. The third-order valence-corrected chi connectivity index (χ3v) is 1.88. The summed E-state index contributed by atoms with van der Waals surface area (Å²) in [4.78, 5) is 0. The van der Waals surface area contributed by atoms with Gasteiger partial charge in [0.2, 0.25) is 5.88 Å². The lowest BCUT2D eigenvalue weighted by atomic mass is 10.3. The first-order valence-electron chi connectivity index (χ1n) is 4.58. The van der Waals surface area contributed by atoms with E-state index in [1.807, 2.05) is 13.0 Å². The van der Waals surface area contributed by atoms with Gasteiger partial charge in [0.15, 0.2) is 0 Å². The van der Waals surface area contributed by atoms with Gasteiger partial charge in [0.1, 0.15) is 5.75 Å². The smallest absolute Gasteiger partial charge is 0.238 e. The molecule has 0 aliphatic heterocycles. The molecule has 0 bridgehead atoms.